The van der Waals surface area contributed by atoms with E-state index in [-0.39, 0.29) is 11.5 Å². The molecule has 0 saturated carbocycles. The van der Waals surface area contributed by atoms with Crippen LogP contribution in [0.5, 0.6) is 0 Å². The minimum absolute atomic E-state index is 0.118. The minimum atomic E-state index is -0.951. The molecule has 114 valence electrons. The molecule has 0 saturated heterocycles. The van der Waals surface area contributed by atoms with Gasteiger partial charge in [-0.1, -0.05) is 19.9 Å². The van der Waals surface area contributed by atoms with Crippen molar-refractivity contribution in [3.63, 3.8) is 0 Å². The molecule has 1 atom stereocenters. The normalized spacial score (nSPS) is 15.7. The molecular weight excluding hydrogens is 268 g/mol. The maximum Gasteiger partial charge on any atom is 0.336 e. The van der Waals surface area contributed by atoms with E-state index in [9.17, 15) is 14.7 Å². The van der Waals surface area contributed by atoms with Crippen molar-refractivity contribution >= 4 is 17.6 Å². The summed E-state index contributed by atoms with van der Waals surface area (Å²) in [4.78, 5) is 25.5. The highest BCUT2D eigenvalue weighted by atomic mass is 16.4. The van der Waals surface area contributed by atoms with E-state index in [1.165, 1.54) is 0 Å². The number of hydrogen-bond acceptors (Lipinski definition) is 3. The second-order valence-electron chi connectivity index (χ2n) is 5.94. The molecule has 1 aromatic carbocycles. The molecule has 1 aromatic rings. The zero-order valence-corrected chi connectivity index (χ0v) is 12.5. The van der Waals surface area contributed by atoms with Crippen LogP contribution in [0.4, 0.5) is 5.69 Å². The van der Waals surface area contributed by atoms with Gasteiger partial charge in [0.05, 0.1) is 11.6 Å². The first-order valence-corrected chi connectivity index (χ1v) is 7.34. The van der Waals surface area contributed by atoms with Crippen LogP contribution in [0.2, 0.25) is 0 Å². The number of benzene rings is 1. The Kier molecular flexibility index (Phi) is 4.63. The zero-order valence-electron chi connectivity index (χ0n) is 12.5. The number of carbonyl (C=O) groups excluding carboxylic acids is 1. The Hall–Kier alpha value is -1.88. The van der Waals surface area contributed by atoms with E-state index in [0.717, 1.165) is 12.0 Å². The highest BCUT2D eigenvalue weighted by Crippen LogP contribution is 2.30. The van der Waals surface area contributed by atoms with Gasteiger partial charge in [-0.15, -0.1) is 0 Å². The van der Waals surface area contributed by atoms with Crippen LogP contribution in [0.1, 0.15) is 42.6 Å². The summed E-state index contributed by atoms with van der Waals surface area (Å²) in [6.45, 7) is 4.65. The molecule has 0 spiro atoms. The third kappa shape index (κ3) is 3.24. The highest BCUT2D eigenvalue weighted by molar-refractivity contribution is 6.00. The van der Waals surface area contributed by atoms with E-state index in [0.29, 0.717) is 31.0 Å². The van der Waals surface area contributed by atoms with Crippen LogP contribution in [0, 0.1) is 5.92 Å². The number of rotatable bonds is 4. The van der Waals surface area contributed by atoms with Crippen LogP contribution in [0.25, 0.3) is 0 Å². The maximum absolute atomic E-state index is 12.5. The number of nitrogens with two attached hydrogens (primary N) is 1. The highest BCUT2D eigenvalue weighted by Gasteiger charge is 2.29. The molecule has 1 aliphatic heterocycles. The molecule has 5 heteroatoms. The zero-order chi connectivity index (χ0) is 15.6. The lowest BCUT2D eigenvalue weighted by molar-refractivity contribution is -0.120. The van der Waals surface area contributed by atoms with Crippen LogP contribution in [0.3, 0.4) is 0 Å². The van der Waals surface area contributed by atoms with Gasteiger partial charge in [0.25, 0.3) is 0 Å². The number of fused-ring (bicyclic) bond motifs is 1. The quantitative estimate of drug-likeness (QED) is 0.888. The molecule has 0 aromatic heterocycles. The van der Waals surface area contributed by atoms with Crippen molar-refractivity contribution in [2.75, 3.05) is 11.4 Å². The lowest BCUT2D eigenvalue weighted by Crippen LogP contribution is -2.46. The Morgan fingerprint density at radius 1 is 1.38 bits per heavy atom. The Morgan fingerprint density at radius 2 is 2.10 bits per heavy atom. The monoisotopic (exact) mass is 290 g/mol. The number of carbonyl (C=O) groups is 2. The molecule has 0 aliphatic carbocycles. The van der Waals surface area contributed by atoms with E-state index in [4.69, 9.17) is 5.73 Å². The van der Waals surface area contributed by atoms with E-state index in [2.05, 4.69) is 0 Å². The van der Waals surface area contributed by atoms with Crippen molar-refractivity contribution in [2.45, 2.75) is 39.2 Å². The fourth-order valence-corrected chi connectivity index (χ4v) is 2.86. The van der Waals surface area contributed by atoms with Gasteiger partial charge in [0.1, 0.15) is 0 Å². The number of carboxylic acid groups (broad SMARTS) is 1. The minimum Gasteiger partial charge on any atom is -0.478 e. The summed E-state index contributed by atoms with van der Waals surface area (Å²) < 4.78 is 0. The largest absolute Gasteiger partial charge is 0.478 e. The van der Waals surface area contributed by atoms with Crippen molar-refractivity contribution in [2.24, 2.45) is 11.7 Å². The lowest BCUT2D eigenvalue weighted by atomic mass is 9.95. The van der Waals surface area contributed by atoms with Gasteiger partial charge in [-0.05, 0) is 42.9 Å². The SMILES string of the molecule is CC(C)C[C@H](N)C(=O)N1CCCc2c(C(=O)O)cccc21. The molecule has 2 rings (SSSR count). The average molecular weight is 290 g/mol. The van der Waals surface area contributed by atoms with Crippen LogP contribution >= 0.6 is 0 Å². The number of aromatic carboxylic acids is 1. The smallest absolute Gasteiger partial charge is 0.336 e. The number of amides is 1. The summed E-state index contributed by atoms with van der Waals surface area (Å²) >= 11 is 0. The number of hydrogen-bond donors (Lipinski definition) is 2. The Labute approximate surface area is 124 Å². The Morgan fingerprint density at radius 3 is 2.71 bits per heavy atom. The summed E-state index contributed by atoms with van der Waals surface area (Å²) in [7, 11) is 0. The maximum atomic E-state index is 12.5. The Balaban J connectivity index is 2.32. The summed E-state index contributed by atoms with van der Waals surface area (Å²) in [5, 5.41) is 9.27. The van der Waals surface area contributed by atoms with Gasteiger partial charge in [0.15, 0.2) is 0 Å². The van der Waals surface area contributed by atoms with Crippen molar-refractivity contribution in [1.29, 1.82) is 0 Å². The van der Waals surface area contributed by atoms with Crippen LogP contribution < -0.4 is 10.6 Å². The molecule has 0 unspecified atom stereocenters. The first-order valence-electron chi connectivity index (χ1n) is 7.34. The van der Waals surface area contributed by atoms with Gasteiger partial charge in [-0.25, -0.2) is 4.79 Å². The molecule has 1 heterocycles. The van der Waals surface area contributed by atoms with Gasteiger partial charge < -0.3 is 15.7 Å². The molecule has 1 aliphatic rings. The van der Waals surface area contributed by atoms with Gasteiger partial charge in [0.2, 0.25) is 5.91 Å². The summed E-state index contributed by atoms with van der Waals surface area (Å²) in [5.74, 6) is -0.724. The molecule has 1 amide bonds. The van der Waals surface area contributed by atoms with Crippen molar-refractivity contribution in [1.82, 2.24) is 0 Å². The second-order valence-corrected chi connectivity index (χ2v) is 5.94. The summed E-state index contributed by atoms with van der Waals surface area (Å²) in [6, 6.07) is 4.54. The van der Waals surface area contributed by atoms with Crippen LogP contribution in [-0.4, -0.2) is 29.6 Å². The molecule has 0 radical (unpaired) electrons. The molecule has 0 bridgehead atoms. The molecule has 5 nitrogen and oxygen atoms in total. The number of nitrogens with zero attached hydrogens (tertiary/aromatic N) is 1. The van der Waals surface area contributed by atoms with E-state index in [1.54, 1.807) is 23.1 Å². The van der Waals surface area contributed by atoms with Crippen molar-refractivity contribution in [3.8, 4) is 0 Å². The fourth-order valence-electron chi connectivity index (χ4n) is 2.86. The van der Waals surface area contributed by atoms with E-state index in [1.807, 2.05) is 13.8 Å². The third-order valence-electron chi connectivity index (χ3n) is 3.79. The topological polar surface area (TPSA) is 83.6 Å². The van der Waals surface area contributed by atoms with Gasteiger partial charge in [0, 0.05) is 12.2 Å². The van der Waals surface area contributed by atoms with E-state index < -0.39 is 12.0 Å². The second kappa shape index (κ2) is 6.26. The van der Waals surface area contributed by atoms with Gasteiger partial charge in [-0.3, -0.25) is 4.79 Å². The van der Waals surface area contributed by atoms with Crippen LogP contribution in [-0.2, 0) is 11.2 Å². The van der Waals surface area contributed by atoms with Gasteiger partial charge in [-0.2, -0.15) is 0 Å². The Bertz CT molecular complexity index is 554. The predicted octanol–water partition coefficient (Wildman–Crippen LogP) is 2.04. The molecule has 0 fully saturated rings. The van der Waals surface area contributed by atoms with Crippen LogP contribution in [0.15, 0.2) is 18.2 Å². The van der Waals surface area contributed by atoms with E-state index >= 15 is 0 Å². The lowest BCUT2D eigenvalue weighted by Gasteiger charge is -2.32. The molecule has 3 N–H and O–H groups in total. The first-order chi connectivity index (χ1) is 9.91. The fraction of sp³-hybridized carbons (Fsp3) is 0.500. The molecule has 21 heavy (non-hydrogen) atoms. The molecular formula is C16H22N2O3. The number of anilines is 1. The average Bonchev–Trinajstić information content (AvgIpc) is 2.44. The standard InChI is InChI=1S/C16H22N2O3/c1-10(2)9-13(17)15(19)18-8-4-6-11-12(16(20)21)5-3-7-14(11)18/h3,5,7,10,13H,4,6,8-9,17H2,1-2H3,(H,20,21)/t13-/m0/s1. The van der Waals surface area contributed by atoms with Crippen molar-refractivity contribution < 1.29 is 14.7 Å². The van der Waals surface area contributed by atoms with Gasteiger partial charge >= 0.3 is 5.97 Å². The predicted molar refractivity (Wildman–Crippen MR) is 81.5 cm³/mol. The first kappa shape index (κ1) is 15.5. The summed E-state index contributed by atoms with van der Waals surface area (Å²) in [6.07, 6.45) is 2.07. The van der Waals surface area contributed by atoms with Crippen molar-refractivity contribution in [3.05, 3.63) is 29.3 Å². The third-order valence-corrected chi connectivity index (χ3v) is 3.79. The number of carboxylic acids is 1. The summed E-state index contributed by atoms with van der Waals surface area (Å²) in [5.41, 5.74) is 7.71.